The van der Waals surface area contributed by atoms with E-state index >= 15 is 0 Å². The molecule has 0 spiro atoms. The summed E-state index contributed by atoms with van der Waals surface area (Å²) in [5, 5.41) is 19.3. The second kappa shape index (κ2) is 4.77. The van der Waals surface area contributed by atoms with Crippen LogP contribution < -0.4 is 5.43 Å². The van der Waals surface area contributed by atoms with E-state index in [-0.39, 0.29) is 0 Å². The molecule has 1 aromatic rings. The van der Waals surface area contributed by atoms with Crippen molar-refractivity contribution in [2.24, 2.45) is 5.10 Å². The van der Waals surface area contributed by atoms with E-state index in [4.69, 9.17) is 10.7 Å². The zero-order chi connectivity index (χ0) is 10.4. The van der Waals surface area contributed by atoms with Gasteiger partial charge in [0, 0.05) is 6.21 Å². The molecule has 0 aliphatic rings. The van der Waals surface area contributed by atoms with Crippen molar-refractivity contribution in [2.45, 2.75) is 6.92 Å². The number of nitrogens with one attached hydrogen (secondary N) is 2. The Balaban J connectivity index is 2.92. The van der Waals surface area contributed by atoms with Crippen molar-refractivity contribution in [1.29, 1.82) is 10.7 Å². The molecular formula is C10H10N4. The summed E-state index contributed by atoms with van der Waals surface area (Å²) in [5.74, 6) is 0. The van der Waals surface area contributed by atoms with Crippen molar-refractivity contribution in [3.05, 3.63) is 29.3 Å². The molecule has 0 radical (unpaired) electrons. The van der Waals surface area contributed by atoms with Gasteiger partial charge in [-0.05, 0) is 24.6 Å². The fraction of sp³-hybridized carbons (Fsp3) is 0.100. The normalized spacial score (nSPS) is 9.71. The predicted molar refractivity (Wildman–Crippen MR) is 56.8 cm³/mol. The number of hydrogen-bond acceptors (Lipinski definition) is 4. The van der Waals surface area contributed by atoms with Crippen molar-refractivity contribution < 1.29 is 0 Å². The van der Waals surface area contributed by atoms with E-state index in [2.05, 4.69) is 16.6 Å². The van der Waals surface area contributed by atoms with E-state index in [1.165, 1.54) is 6.21 Å². The third kappa shape index (κ3) is 2.42. The number of nitrogens with zero attached hydrogens (tertiary/aromatic N) is 2. The summed E-state index contributed by atoms with van der Waals surface area (Å²) in [4.78, 5) is 0. The second-order valence-electron chi connectivity index (χ2n) is 2.72. The molecular weight excluding hydrogens is 176 g/mol. The molecule has 0 heterocycles. The second-order valence-corrected chi connectivity index (χ2v) is 2.72. The number of benzene rings is 1. The van der Waals surface area contributed by atoms with E-state index < -0.39 is 0 Å². The average Bonchev–Trinajstić information content (AvgIpc) is 2.20. The molecule has 0 saturated heterocycles. The number of hydrazone groups is 1. The van der Waals surface area contributed by atoms with E-state index in [1.807, 2.05) is 13.0 Å². The summed E-state index contributed by atoms with van der Waals surface area (Å²) in [7, 11) is 0. The Morgan fingerprint density at radius 1 is 1.57 bits per heavy atom. The van der Waals surface area contributed by atoms with Crippen molar-refractivity contribution >= 4 is 18.1 Å². The number of hydrogen-bond donors (Lipinski definition) is 2. The van der Waals surface area contributed by atoms with Crippen LogP contribution in [0.1, 0.15) is 11.1 Å². The Morgan fingerprint density at radius 3 is 3.00 bits per heavy atom. The highest BCUT2D eigenvalue weighted by Gasteiger charge is 1.99. The molecule has 14 heavy (non-hydrogen) atoms. The van der Waals surface area contributed by atoms with Crippen LogP contribution in [-0.4, -0.2) is 12.4 Å². The van der Waals surface area contributed by atoms with E-state index in [0.717, 1.165) is 11.8 Å². The Labute approximate surface area is 82.4 Å². The zero-order valence-corrected chi connectivity index (χ0v) is 7.78. The Hall–Kier alpha value is -2.15. The van der Waals surface area contributed by atoms with Gasteiger partial charge in [0.25, 0.3) is 0 Å². The van der Waals surface area contributed by atoms with Crippen LogP contribution in [0.25, 0.3) is 0 Å². The Morgan fingerprint density at radius 2 is 2.36 bits per heavy atom. The molecule has 0 bridgehead atoms. The first-order valence-corrected chi connectivity index (χ1v) is 4.07. The van der Waals surface area contributed by atoms with Crippen LogP contribution in [0.15, 0.2) is 23.3 Å². The molecule has 0 aromatic heterocycles. The third-order valence-corrected chi connectivity index (χ3v) is 1.63. The maximum atomic E-state index is 8.81. The number of aryl methyl sites for hydroxylation is 1. The van der Waals surface area contributed by atoms with E-state index in [1.54, 1.807) is 12.1 Å². The lowest BCUT2D eigenvalue weighted by Crippen LogP contribution is -1.93. The summed E-state index contributed by atoms with van der Waals surface area (Å²) >= 11 is 0. The molecule has 4 heteroatoms. The highest BCUT2D eigenvalue weighted by molar-refractivity contribution is 6.14. The topological polar surface area (TPSA) is 72.0 Å². The van der Waals surface area contributed by atoms with E-state index in [9.17, 15) is 0 Å². The van der Waals surface area contributed by atoms with Crippen LogP contribution in [0.2, 0.25) is 0 Å². The van der Waals surface area contributed by atoms with Crippen LogP contribution in [-0.2, 0) is 0 Å². The molecule has 0 unspecified atom stereocenters. The molecule has 0 amide bonds. The van der Waals surface area contributed by atoms with Crippen LogP contribution in [0.5, 0.6) is 0 Å². The Bertz CT molecular complexity index is 401. The molecule has 0 atom stereocenters. The molecule has 0 aliphatic heterocycles. The predicted octanol–water partition coefficient (Wildman–Crippen LogP) is 1.91. The van der Waals surface area contributed by atoms with Crippen LogP contribution >= 0.6 is 0 Å². The minimum Gasteiger partial charge on any atom is -0.307 e. The SMILES string of the molecule is Cc1ccc(N/N=C\C=N)c(C#N)c1. The molecule has 0 fully saturated rings. The van der Waals surface area contributed by atoms with Gasteiger partial charge in [-0.2, -0.15) is 10.4 Å². The molecule has 1 rings (SSSR count). The lowest BCUT2D eigenvalue weighted by atomic mass is 10.1. The zero-order valence-electron chi connectivity index (χ0n) is 7.78. The smallest absolute Gasteiger partial charge is 0.101 e. The van der Waals surface area contributed by atoms with Crippen LogP contribution in [0.3, 0.4) is 0 Å². The first kappa shape index (κ1) is 9.93. The first-order chi connectivity index (χ1) is 6.77. The summed E-state index contributed by atoms with van der Waals surface area (Å²) < 4.78 is 0. The van der Waals surface area contributed by atoms with Gasteiger partial charge < -0.3 is 5.41 Å². The standard InChI is InChI=1S/C10H10N4/c1-8-2-3-10(9(6-8)7-12)14-13-5-4-11/h2-6,11,14H,1H3/b11-4?,13-5-. The quantitative estimate of drug-likeness (QED) is 0.559. The van der Waals surface area contributed by atoms with Crippen molar-refractivity contribution in [3.63, 3.8) is 0 Å². The van der Waals surface area contributed by atoms with Gasteiger partial charge in [-0.25, -0.2) is 0 Å². The fourth-order valence-corrected chi connectivity index (χ4v) is 0.992. The molecule has 0 aliphatic carbocycles. The summed E-state index contributed by atoms with van der Waals surface area (Å²) in [6, 6.07) is 7.53. The fourth-order valence-electron chi connectivity index (χ4n) is 0.992. The maximum Gasteiger partial charge on any atom is 0.101 e. The largest absolute Gasteiger partial charge is 0.307 e. The number of nitriles is 1. The third-order valence-electron chi connectivity index (χ3n) is 1.63. The molecule has 4 nitrogen and oxygen atoms in total. The van der Waals surface area contributed by atoms with Gasteiger partial charge in [0.1, 0.15) is 6.07 Å². The van der Waals surface area contributed by atoms with Gasteiger partial charge in [0.05, 0.1) is 17.5 Å². The van der Waals surface area contributed by atoms with E-state index in [0.29, 0.717) is 11.3 Å². The van der Waals surface area contributed by atoms with Gasteiger partial charge in [0.2, 0.25) is 0 Å². The minimum absolute atomic E-state index is 0.548. The first-order valence-electron chi connectivity index (χ1n) is 4.07. The molecule has 1 aromatic carbocycles. The molecule has 0 saturated carbocycles. The molecule has 2 N–H and O–H groups in total. The number of rotatable bonds is 3. The average molecular weight is 186 g/mol. The summed E-state index contributed by atoms with van der Waals surface area (Å²) in [6.07, 6.45) is 2.37. The van der Waals surface area contributed by atoms with Crippen molar-refractivity contribution in [2.75, 3.05) is 5.43 Å². The van der Waals surface area contributed by atoms with Crippen LogP contribution in [0, 0.1) is 23.7 Å². The van der Waals surface area contributed by atoms with Crippen LogP contribution in [0.4, 0.5) is 5.69 Å². The van der Waals surface area contributed by atoms with Crippen molar-refractivity contribution in [3.8, 4) is 6.07 Å². The lowest BCUT2D eigenvalue weighted by molar-refractivity contribution is 1.32. The van der Waals surface area contributed by atoms with Gasteiger partial charge in [0.15, 0.2) is 0 Å². The van der Waals surface area contributed by atoms with Gasteiger partial charge in [-0.3, -0.25) is 5.43 Å². The molecule has 70 valence electrons. The van der Waals surface area contributed by atoms with Gasteiger partial charge >= 0.3 is 0 Å². The highest BCUT2D eigenvalue weighted by Crippen LogP contribution is 2.15. The lowest BCUT2D eigenvalue weighted by Gasteiger charge is -2.02. The van der Waals surface area contributed by atoms with Crippen molar-refractivity contribution in [1.82, 2.24) is 0 Å². The Kier molecular flexibility index (Phi) is 3.39. The van der Waals surface area contributed by atoms with Gasteiger partial charge in [-0.1, -0.05) is 6.07 Å². The minimum atomic E-state index is 0.548. The monoisotopic (exact) mass is 186 g/mol. The summed E-state index contributed by atoms with van der Waals surface area (Å²) in [6.45, 7) is 1.92. The highest BCUT2D eigenvalue weighted by atomic mass is 15.3. The van der Waals surface area contributed by atoms with Gasteiger partial charge in [-0.15, -0.1) is 0 Å². The summed E-state index contributed by atoms with van der Waals surface area (Å²) in [5.41, 5.74) is 4.92. The maximum absolute atomic E-state index is 8.81. The number of anilines is 1.